The van der Waals surface area contributed by atoms with E-state index in [9.17, 15) is 18.0 Å². The van der Waals surface area contributed by atoms with Gasteiger partial charge >= 0.3 is 0 Å². The van der Waals surface area contributed by atoms with Gasteiger partial charge in [0.15, 0.2) is 0 Å². The van der Waals surface area contributed by atoms with Crippen molar-refractivity contribution in [2.75, 3.05) is 13.6 Å². The standard InChI is InChI=1S/C27H39N3O4S/c1-6-22(4)28-27(32)25(7-2)30(20-23-17-15-21(3)16-18-23)26(31)14-11-19-29(5)35(33,34)24-12-9-8-10-13-24/h8-10,12-13,15-18,22,25H,6-7,11,14,19-20H2,1-5H3,(H,28,32)/t22-,25-/m0/s1. The highest BCUT2D eigenvalue weighted by Gasteiger charge is 2.29. The lowest BCUT2D eigenvalue weighted by molar-refractivity contribution is -0.141. The zero-order valence-electron chi connectivity index (χ0n) is 21.5. The first kappa shape index (κ1) is 28.5. The van der Waals surface area contributed by atoms with Gasteiger partial charge in [0.05, 0.1) is 4.90 Å². The van der Waals surface area contributed by atoms with E-state index >= 15 is 0 Å². The van der Waals surface area contributed by atoms with Gasteiger partial charge in [-0.3, -0.25) is 9.59 Å². The predicted molar refractivity (Wildman–Crippen MR) is 139 cm³/mol. The largest absolute Gasteiger partial charge is 0.352 e. The van der Waals surface area contributed by atoms with Crippen LogP contribution in [-0.4, -0.2) is 55.1 Å². The second kappa shape index (κ2) is 13.4. The second-order valence-corrected chi connectivity index (χ2v) is 11.0. The van der Waals surface area contributed by atoms with Gasteiger partial charge in [-0.25, -0.2) is 12.7 Å². The molecule has 0 aromatic heterocycles. The Bertz CT molecular complexity index is 1060. The smallest absolute Gasteiger partial charge is 0.243 e. The average Bonchev–Trinajstić information content (AvgIpc) is 2.85. The summed E-state index contributed by atoms with van der Waals surface area (Å²) in [6, 6.07) is 15.6. The molecular formula is C27H39N3O4S. The van der Waals surface area contributed by atoms with Crippen LogP contribution in [-0.2, 0) is 26.2 Å². The van der Waals surface area contributed by atoms with E-state index in [-0.39, 0.29) is 35.7 Å². The van der Waals surface area contributed by atoms with Crippen molar-refractivity contribution in [3.05, 3.63) is 65.7 Å². The molecule has 0 aliphatic heterocycles. The highest BCUT2D eigenvalue weighted by Crippen LogP contribution is 2.17. The lowest BCUT2D eigenvalue weighted by Gasteiger charge is -2.31. The predicted octanol–water partition coefficient (Wildman–Crippen LogP) is 4.12. The molecule has 0 unspecified atom stereocenters. The Morgan fingerprint density at radius 1 is 0.971 bits per heavy atom. The van der Waals surface area contributed by atoms with Gasteiger partial charge in [0.25, 0.3) is 0 Å². The number of sulfonamides is 1. The lowest BCUT2D eigenvalue weighted by atomic mass is 10.1. The van der Waals surface area contributed by atoms with Gasteiger partial charge in [0.2, 0.25) is 21.8 Å². The quantitative estimate of drug-likeness (QED) is 0.447. The Kier molecular flexibility index (Phi) is 10.9. The summed E-state index contributed by atoms with van der Waals surface area (Å²) in [7, 11) is -2.10. The molecule has 8 heteroatoms. The molecule has 0 aliphatic rings. The van der Waals surface area contributed by atoms with E-state index in [2.05, 4.69) is 5.32 Å². The summed E-state index contributed by atoms with van der Waals surface area (Å²) in [6.45, 7) is 8.37. The molecule has 0 spiro atoms. The molecule has 2 aromatic carbocycles. The minimum Gasteiger partial charge on any atom is -0.352 e. The van der Waals surface area contributed by atoms with Crippen molar-refractivity contribution in [1.82, 2.24) is 14.5 Å². The SMILES string of the molecule is CC[C@H](C)NC(=O)[C@H](CC)N(Cc1ccc(C)cc1)C(=O)CCCN(C)S(=O)(=O)c1ccccc1. The second-order valence-electron chi connectivity index (χ2n) is 8.99. The van der Waals surface area contributed by atoms with Crippen molar-refractivity contribution in [1.29, 1.82) is 0 Å². The maximum Gasteiger partial charge on any atom is 0.243 e. The number of nitrogens with zero attached hydrogens (tertiary/aromatic N) is 2. The van der Waals surface area contributed by atoms with Gasteiger partial charge in [-0.15, -0.1) is 0 Å². The molecule has 2 amide bonds. The third-order valence-corrected chi connectivity index (χ3v) is 8.05. The number of carbonyl (C=O) groups excluding carboxylic acids is 2. The number of benzene rings is 2. The first-order chi connectivity index (χ1) is 16.6. The Morgan fingerprint density at radius 3 is 2.17 bits per heavy atom. The van der Waals surface area contributed by atoms with Gasteiger partial charge in [-0.05, 0) is 50.8 Å². The summed E-state index contributed by atoms with van der Waals surface area (Å²) >= 11 is 0. The van der Waals surface area contributed by atoms with Gasteiger partial charge in [0.1, 0.15) is 6.04 Å². The molecule has 0 saturated carbocycles. The van der Waals surface area contributed by atoms with Crippen LogP contribution in [0.5, 0.6) is 0 Å². The highest BCUT2D eigenvalue weighted by molar-refractivity contribution is 7.89. The van der Waals surface area contributed by atoms with Gasteiger partial charge in [-0.2, -0.15) is 0 Å². The zero-order valence-corrected chi connectivity index (χ0v) is 22.3. The van der Waals surface area contributed by atoms with Crippen molar-refractivity contribution in [2.24, 2.45) is 0 Å². The van der Waals surface area contributed by atoms with Crippen LogP contribution in [0.4, 0.5) is 0 Å². The average molecular weight is 502 g/mol. The Balaban J connectivity index is 2.13. The third-order valence-electron chi connectivity index (χ3n) is 6.18. The molecule has 2 aromatic rings. The maximum atomic E-state index is 13.4. The van der Waals surface area contributed by atoms with Crippen LogP contribution in [0.2, 0.25) is 0 Å². The summed E-state index contributed by atoms with van der Waals surface area (Å²) in [5, 5.41) is 3.00. The number of carbonyl (C=O) groups is 2. The highest BCUT2D eigenvalue weighted by atomic mass is 32.2. The van der Waals surface area contributed by atoms with Crippen LogP contribution in [0.25, 0.3) is 0 Å². The maximum absolute atomic E-state index is 13.4. The molecule has 0 bridgehead atoms. The van der Waals surface area contributed by atoms with Crippen LogP contribution < -0.4 is 5.32 Å². The minimum atomic E-state index is -3.62. The molecule has 0 saturated heterocycles. The number of aryl methyl sites for hydroxylation is 1. The fraction of sp³-hybridized carbons (Fsp3) is 0.481. The summed E-state index contributed by atoms with van der Waals surface area (Å²) < 4.78 is 26.8. The summed E-state index contributed by atoms with van der Waals surface area (Å²) in [5.74, 6) is -0.326. The van der Waals surface area contributed by atoms with Crippen LogP contribution in [0, 0.1) is 6.92 Å². The van der Waals surface area contributed by atoms with Crippen molar-refractivity contribution in [3.8, 4) is 0 Å². The summed E-state index contributed by atoms with van der Waals surface area (Å²) in [4.78, 5) is 28.2. The van der Waals surface area contributed by atoms with E-state index in [1.807, 2.05) is 52.0 Å². The molecule has 7 nitrogen and oxygen atoms in total. The minimum absolute atomic E-state index is 0.0183. The van der Waals surface area contributed by atoms with Crippen LogP contribution >= 0.6 is 0 Å². The number of amides is 2. The van der Waals surface area contributed by atoms with E-state index in [0.717, 1.165) is 17.5 Å². The van der Waals surface area contributed by atoms with Crippen molar-refractivity contribution in [2.45, 2.75) is 76.9 Å². The number of nitrogens with one attached hydrogen (secondary N) is 1. The first-order valence-corrected chi connectivity index (χ1v) is 13.7. The van der Waals surface area contributed by atoms with Crippen LogP contribution in [0.1, 0.15) is 57.6 Å². The molecule has 1 N–H and O–H groups in total. The topological polar surface area (TPSA) is 86.8 Å². The fourth-order valence-electron chi connectivity index (χ4n) is 3.74. The molecule has 2 atom stereocenters. The molecule has 2 rings (SSSR count). The van der Waals surface area contributed by atoms with E-state index in [1.54, 1.807) is 35.2 Å². The number of rotatable bonds is 13. The van der Waals surface area contributed by atoms with Gasteiger partial charge in [0, 0.05) is 32.6 Å². The Labute approximate surface area is 210 Å². The van der Waals surface area contributed by atoms with Crippen molar-refractivity contribution in [3.63, 3.8) is 0 Å². The normalized spacial score (nSPS) is 13.3. The summed E-state index contributed by atoms with van der Waals surface area (Å²) in [5.41, 5.74) is 2.07. The fourth-order valence-corrected chi connectivity index (χ4v) is 4.97. The van der Waals surface area contributed by atoms with Crippen molar-refractivity contribution >= 4 is 21.8 Å². The molecule has 35 heavy (non-hydrogen) atoms. The molecule has 0 heterocycles. The molecular weight excluding hydrogens is 462 g/mol. The zero-order chi connectivity index (χ0) is 26.0. The van der Waals surface area contributed by atoms with Crippen LogP contribution in [0.3, 0.4) is 0 Å². The van der Waals surface area contributed by atoms with Crippen molar-refractivity contribution < 1.29 is 18.0 Å². The van der Waals surface area contributed by atoms with Crippen LogP contribution in [0.15, 0.2) is 59.5 Å². The Morgan fingerprint density at radius 2 is 1.60 bits per heavy atom. The Hall–Kier alpha value is -2.71. The molecule has 192 valence electrons. The van der Waals surface area contributed by atoms with E-state index in [4.69, 9.17) is 0 Å². The number of hydrogen-bond donors (Lipinski definition) is 1. The van der Waals surface area contributed by atoms with E-state index in [1.165, 1.54) is 11.4 Å². The van der Waals surface area contributed by atoms with Gasteiger partial charge < -0.3 is 10.2 Å². The van der Waals surface area contributed by atoms with E-state index < -0.39 is 16.1 Å². The third kappa shape index (κ3) is 8.18. The molecule has 0 aliphatic carbocycles. The van der Waals surface area contributed by atoms with Gasteiger partial charge in [-0.1, -0.05) is 61.9 Å². The summed E-state index contributed by atoms with van der Waals surface area (Å²) in [6.07, 6.45) is 1.79. The molecule has 0 fully saturated rings. The lowest BCUT2D eigenvalue weighted by Crippen LogP contribution is -2.50. The molecule has 0 radical (unpaired) electrons. The number of hydrogen-bond acceptors (Lipinski definition) is 4. The van der Waals surface area contributed by atoms with E-state index in [0.29, 0.717) is 19.4 Å². The first-order valence-electron chi connectivity index (χ1n) is 12.3. The monoisotopic (exact) mass is 501 g/mol.